The maximum Gasteiger partial charge on any atom is 0.119 e. The van der Waals surface area contributed by atoms with Gasteiger partial charge in [-0.2, -0.15) is 5.10 Å². The van der Waals surface area contributed by atoms with Crippen LogP contribution in [0.2, 0.25) is 0 Å². The standard InChI is InChI=1S/C27H29N3O/c1-2-25-24-13-12-22(18-26(24)30(29-25)23-10-6-7-11-23)27(31,21-8-4-3-5-9-21)19-20-14-16-28-17-15-20/h3-5,8-9,12-18,23,31H,2,6-7,10-11,19H2,1H3. The van der Waals surface area contributed by atoms with E-state index >= 15 is 0 Å². The third kappa shape index (κ3) is 3.66. The van der Waals surface area contributed by atoms with Crippen LogP contribution in [0, 0.1) is 0 Å². The first kappa shape index (κ1) is 20.0. The highest BCUT2D eigenvalue weighted by molar-refractivity contribution is 5.83. The number of benzene rings is 2. The molecule has 5 rings (SSSR count). The van der Waals surface area contributed by atoms with E-state index < -0.39 is 5.60 Å². The van der Waals surface area contributed by atoms with E-state index in [-0.39, 0.29) is 0 Å². The molecule has 0 spiro atoms. The normalized spacial score (nSPS) is 16.6. The van der Waals surface area contributed by atoms with Gasteiger partial charge in [0.05, 0.1) is 17.3 Å². The van der Waals surface area contributed by atoms with Gasteiger partial charge >= 0.3 is 0 Å². The molecular formula is C27H29N3O. The number of hydrogen-bond acceptors (Lipinski definition) is 3. The quantitative estimate of drug-likeness (QED) is 0.450. The average molecular weight is 412 g/mol. The van der Waals surface area contributed by atoms with Crippen LogP contribution in [0.1, 0.15) is 61.0 Å². The van der Waals surface area contributed by atoms with Crippen LogP contribution < -0.4 is 0 Å². The number of aryl methyl sites for hydroxylation is 1. The number of pyridine rings is 1. The van der Waals surface area contributed by atoms with Gasteiger partial charge in [0.15, 0.2) is 0 Å². The van der Waals surface area contributed by atoms with Crippen LogP contribution in [-0.4, -0.2) is 19.9 Å². The summed E-state index contributed by atoms with van der Waals surface area (Å²) in [6.45, 7) is 2.17. The molecule has 1 aliphatic carbocycles. The molecule has 0 bridgehead atoms. The van der Waals surface area contributed by atoms with E-state index in [1.165, 1.54) is 31.1 Å². The van der Waals surface area contributed by atoms with Gasteiger partial charge in [-0.1, -0.05) is 62.2 Å². The predicted molar refractivity (Wildman–Crippen MR) is 124 cm³/mol. The molecule has 1 N–H and O–H groups in total. The minimum Gasteiger partial charge on any atom is -0.380 e. The number of hydrogen-bond donors (Lipinski definition) is 1. The van der Waals surface area contributed by atoms with E-state index in [0.717, 1.165) is 34.3 Å². The van der Waals surface area contributed by atoms with Crippen molar-refractivity contribution in [3.8, 4) is 0 Å². The molecular weight excluding hydrogens is 382 g/mol. The lowest BCUT2D eigenvalue weighted by Crippen LogP contribution is -2.30. The van der Waals surface area contributed by atoms with Gasteiger partial charge in [-0.05, 0) is 54.2 Å². The molecule has 158 valence electrons. The van der Waals surface area contributed by atoms with Crippen molar-refractivity contribution in [1.29, 1.82) is 0 Å². The van der Waals surface area contributed by atoms with Crippen molar-refractivity contribution in [2.75, 3.05) is 0 Å². The van der Waals surface area contributed by atoms with E-state index in [9.17, 15) is 5.11 Å². The molecule has 2 aromatic heterocycles. The Morgan fingerprint density at radius 2 is 1.71 bits per heavy atom. The van der Waals surface area contributed by atoms with E-state index in [1.807, 2.05) is 42.5 Å². The Morgan fingerprint density at radius 1 is 0.968 bits per heavy atom. The highest BCUT2D eigenvalue weighted by Crippen LogP contribution is 2.38. The van der Waals surface area contributed by atoms with Crippen LogP contribution >= 0.6 is 0 Å². The summed E-state index contributed by atoms with van der Waals surface area (Å²) < 4.78 is 2.24. The molecule has 4 heteroatoms. The summed E-state index contributed by atoms with van der Waals surface area (Å²) in [7, 11) is 0. The maximum atomic E-state index is 12.1. The van der Waals surface area contributed by atoms with Gasteiger partial charge in [-0.15, -0.1) is 0 Å². The molecule has 4 aromatic rings. The Morgan fingerprint density at radius 3 is 2.42 bits per heavy atom. The number of nitrogens with zero attached hydrogens (tertiary/aromatic N) is 3. The van der Waals surface area contributed by atoms with Crippen molar-refractivity contribution >= 4 is 10.9 Å². The fourth-order valence-electron chi connectivity index (χ4n) is 5.03. The van der Waals surface area contributed by atoms with Crippen molar-refractivity contribution in [3.05, 3.63) is 95.4 Å². The van der Waals surface area contributed by atoms with Crippen molar-refractivity contribution in [1.82, 2.24) is 14.8 Å². The molecule has 0 saturated heterocycles. The van der Waals surface area contributed by atoms with Crippen molar-refractivity contribution in [3.63, 3.8) is 0 Å². The zero-order valence-corrected chi connectivity index (χ0v) is 18.0. The Kier molecular flexibility index (Phi) is 5.33. The first-order valence-electron chi connectivity index (χ1n) is 11.4. The van der Waals surface area contributed by atoms with Gasteiger partial charge < -0.3 is 5.11 Å². The Balaban J connectivity index is 1.67. The second kappa shape index (κ2) is 8.27. The molecule has 0 radical (unpaired) electrons. The first-order chi connectivity index (χ1) is 15.2. The molecule has 0 aliphatic heterocycles. The van der Waals surface area contributed by atoms with E-state index in [1.54, 1.807) is 12.4 Å². The van der Waals surface area contributed by atoms with Crippen molar-refractivity contribution < 1.29 is 5.11 Å². The minimum atomic E-state index is -1.13. The molecule has 31 heavy (non-hydrogen) atoms. The van der Waals surface area contributed by atoms with E-state index in [0.29, 0.717) is 12.5 Å². The van der Waals surface area contributed by atoms with Crippen LogP contribution in [0.15, 0.2) is 73.1 Å². The van der Waals surface area contributed by atoms with E-state index in [4.69, 9.17) is 5.10 Å². The van der Waals surface area contributed by atoms with Crippen LogP contribution in [0.3, 0.4) is 0 Å². The molecule has 2 heterocycles. The highest BCUT2D eigenvalue weighted by Gasteiger charge is 2.33. The topological polar surface area (TPSA) is 50.9 Å². The lowest BCUT2D eigenvalue weighted by atomic mass is 9.81. The summed E-state index contributed by atoms with van der Waals surface area (Å²) in [5.74, 6) is 0. The number of fused-ring (bicyclic) bond motifs is 1. The lowest BCUT2D eigenvalue weighted by molar-refractivity contribution is 0.0812. The summed E-state index contributed by atoms with van der Waals surface area (Å²) in [5, 5.41) is 18.3. The fraction of sp³-hybridized carbons (Fsp3) is 0.333. The molecule has 1 fully saturated rings. The lowest BCUT2D eigenvalue weighted by Gasteiger charge is -2.30. The Labute approximate surface area is 183 Å². The third-order valence-corrected chi connectivity index (χ3v) is 6.73. The van der Waals surface area contributed by atoms with E-state index in [2.05, 4.69) is 34.8 Å². The molecule has 2 aromatic carbocycles. The fourth-order valence-corrected chi connectivity index (χ4v) is 5.03. The Bertz CT molecular complexity index is 1160. The summed E-state index contributed by atoms with van der Waals surface area (Å²) >= 11 is 0. The highest BCUT2D eigenvalue weighted by atomic mass is 16.3. The Hall–Kier alpha value is -2.98. The minimum absolute atomic E-state index is 0.461. The van der Waals surface area contributed by atoms with Gasteiger partial charge in [0.25, 0.3) is 0 Å². The van der Waals surface area contributed by atoms with Crippen molar-refractivity contribution in [2.45, 2.75) is 57.1 Å². The third-order valence-electron chi connectivity index (χ3n) is 6.73. The summed E-state index contributed by atoms with van der Waals surface area (Å²) in [6.07, 6.45) is 9.87. The average Bonchev–Trinajstić information content (AvgIpc) is 3.47. The second-order valence-corrected chi connectivity index (χ2v) is 8.67. The molecule has 1 atom stereocenters. The van der Waals surface area contributed by atoms with Crippen LogP contribution in [-0.2, 0) is 18.4 Å². The van der Waals surface area contributed by atoms with Crippen LogP contribution in [0.5, 0.6) is 0 Å². The van der Waals surface area contributed by atoms with Crippen LogP contribution in [0.4, 0.5) is 0 Å². The molecule has 1 unspecified atom stereocenters. The summed E-state index contributed by atoms with van der Waals surface area (Å²) in [6, 6.07) is 20.8. The van der Waals surface area contributed by atoms with Gasteiger partial charge in [0.1, 0.15) is 5.60 Å². The monoisotopic (exact) mass is 411 g/mol. The summed E-state index contributed by atoms with van der Waals surface area (Å²) in [4.78, 5) is 4.14. The van der Waals surface area contributed by atoms with Gasteiger partial charge in [0, 0.05) is 24.2 Å². The smallest absolute Gasteiger partial charge is 0.119 e. The molecule has 0 amide bonds. The summed E-state index contributed by atoms with van der Waals surface area (Å²) in [5.41, 5.74) is 4.02. The number of rotatable bonds is 6. The van der Waals surface area contributed by atoms with Crippen molar-refractivity contribution in [2.24, 2.45) is 0 Å². The SMILES string of the molecule is CCc1nn(C2CCCC2)c2cc(C(O)(Cc3ccncc3)c3ccccc3)ccc12. The second-order valence-electron chi connectivity index (χ2n) is 8.67. The molecule has 1 aliphatic rings. The number of aliphatic hydroxyl groups is 1. The van der Waals surface area contributed by atoms with Gasteiger partial charge in [-0.3, -0.25) is 9.67 Å². The van der Waals surface area contributed by atoms with Gasteiger partial charge in [0.2, 0.25) is 0 Å². The largest absolute Gasteiger partial charge is 0.380 e. The number of aromatic nitrogens is 3. The predicted octanol–water partition coefficient (Wildman–Crippen LogP) is 5.59. The maximum absolute atomic E-state index is 12.1. The first-order valence-corrected chi connectivity index (χ1v) is 11.4. The zero-order chi connectivity index (χ0) is 21.3. The molecule has 4 nitrogen and oxygen atoms in total. The van der Waals surface area contributed by atoms with Gasteiger partial charge in [-0.25, -0.2) is 0 Å². The molecule has 1 saturated carbocycles. The van der Waals surface area contributed by atoms with Crippen LogP contribution in [0.25, 0.3) is 10.9 Å². The zero-order valence-electron chi connectivity index (χ0n) is 18.0.